The third kappa shape index (κ3) is 2.34. The summed E-state index contributed by atoms with van der Waals surface area (Å²) in [6.07, 6.45) is 4.71. The van der Waals surface area contributed by atoms with E-state index >= 15 is 0 Å². The standard InChI is InChI=1S/C10H15NO3/c1-3-4-8-7-9(12)5-6-11(8)10(13)14-2/h5-6,8H,3-4,7H2,1-2H3. The van der Waals surface area contributed by atoms with Crippen molar-refractivity contribution in [1.82, 2.24) is 4.90 Å². The minimum absolute atomic E-state index is 0.0371. The van der Waals surface area contributed by atoms with Crippen molar-refractivity contribution in [2.24, 2.45) is 0 Å². The Morgan fingerprint density at radius 2 is 2.43 bits per heavy atom. The van der Waals surface area contributed by atoms with Gasteiger partial charge in [0.15, 0.2) is 5.78 Å². The molecule has 4 nitrogen and oxygen atoms in total. The Morgan fingerprint density at radius 3 is 3.00 bits per heavy atom. The maximum atomic E-state index is 11.3. The molecule has 0 aromatic carbocycles. The van der Waals surface area contributed by atoms with Crippen LogP contribution in [0.4, 0.5) is 4.79 Å². The van der Waals surface area contributed by atoms with Crippen LogP contribution in [0.1, 0.15) is 26.2 Å². The molecule has 0 aliphatic carbocycles. The first-order valence-electron chi connectivity index (χ1n) is 4.76. The van der Waals surface area contributed by atoms with Crippen LogP contribution in [0.15, 0.2) is 12.3 Å². The van der Waals surface area contributed by atoms with Crippen LogP contribution < -0.4 is 0 Å². The zero-order chi connectivity index (χ0) is 10.6. The van der Waals surface area contributed by atoms with E-state index in [9.17, 15) is 9.59 Å². The van der Waals surface area contributed by atoms with Crippen molar-refractivity contribution in [1.29, 1.82) is 0 Å². The van der Waals surface area contributed by atoms with Gasteiger partial charge in [-0.15, -0.1) is 0 Å². The number of amides is 1. The van der Waals surface area contributed by atoms with Crippen LogP contribution in [0.25, 0.3) is 0 Å². The lowest BCUT2D eigenvalue weighted by Gasteiger charge is -2.29. The first-order chi connectivity index (χ1) is 6.69. The van der Waals surface area contributed by atoms with E-state index in [-0.39, 0.29) is 11.8 Å². The van der Waals surface area contributed by atoms with Crippen LogP contribution in [0.3, 0.4) is 0 Å². The molecule has 0 bridgehead atoms. The summed E-state index contributed by atoms with van der Waals surface area (Å²) < 4.78 is 4.63. The van der Waals surface area contributed by atoms with Gasteiger partial charge in [0.2, 0.25) is 0 Å². The van der Waals surface area contributed by atoms with E-state index in [0.29, 0.717) is 6.42 Å². The highest BCUT2D eigenvalue weighted by molar-refractivity contribution is 5.92. The van der Waals surface area contributed by atoms with Gasteiger partial charge in [0, 0.05) is 18.7 Å². The lowest BCUT2D eigenvalue weighted by Crippen LogP contribution is -2.39. The quantitative estimate of drug-likeness (QED) is 0.677. The maximum Gasteiger partial charge on any atom is 0.413 e. The number of rotatable bonds is 2. The lowest BCUT2D eigenvalue weighted by atomic mass is 10.0. The Balaban J connectivity index is 2.73. The Labute approximate surface area is 83.5 Å². The maximum absolute atomic E-state index is 11.3. The molecule has 0 saturated carbocycles. The molecule has 1 aliphatic heterocycles. The first-order valence-corrected chi connectivity index (χ1v) is 4.76. The normalized spacial score (nSPS) is 21.1. The van der Waals surface area contributed by atoms with Gasteiger partial charge in [0.05, 0.1) is 7.11 Å². The third-order valence-corrected chi connectivity index (χ3v) is 2.26. The number of hydrogen-bond acceptors (Lipinski definition) is 3. The molecule has 0 radical (unpaired) electrons. The van der Waals surface area contributed by atoms with Crippen molar-refractivity contribution in [3.63, 3.8) is 0 Å². The summed E-state index contributed by atoms with van der Waals surface area (Å²) in [7, 11) is 1.34. The Morgan fingerprint density at radius 1 is 1.71 bits per heavy atom. The molecule has 1 heterocycles. The average Bonchev–Trinajstić information content (AvgIpc) is 2.17. The third-order valence-electron chi connectivity index (χ3n) is 2.26. The topological polar surface area (TPSA) is 46.6 Å². The van der Waals surface area contributed by atoms with Crippen LogP contribution in [-0.4, -0.2) is 29.9 Å². The molecule has 1 atom stereocenters. The Bertz CT molecular complexity index is 260. The van der Waals surface area contributed by atoms with Gasteiger partial charge < -0.3 is 4.74 Å². The highest BCUT2D eigenvalue weighted by Crippen LogP contribution is 2.17. The molecule has 1 unspecified atom stereocenters. The number of methoxy groups -OCH3 is 1. The van der Waals surface area contributed by atoms with Crippen molar-refractivity contribution in [2.75, 3.05) is 7.11 Å². The summed E-state index contributed by atoms with van der Waals surface area (Å²) in [5.41, 5.74) is 0. The molecule has 1 aliphatic rings. The highest BCUT2D eigenvalue weighted by atomic mass is 16.5. The first kappa shape index (κ1) is 10.8. The van der Waals surface area contributed by atoms with E-state index in [0.717, 1.165) is 12.8 Å². The smallest absolute Gasteiger partial charge is 0.413 e. The average molecular weight is 197 g/mol. The number of carbonyl (C=O) groups excluding carboxylic acids is 2. The molecular weight excluding hydrogens is 182 g/mol. The summed E-state index contributed by atoms with van der Waals surface area (Å²) in [6, 6.07) is -0.0371. The highest BCUT2D eigenvalue weighted by Gasteiger charge is 2.26. The zero-order valence-corrected chi connectivity index (χ0v) is 8.53. The molecule has 1 amide bonds. The van der Waals surface area contributed by atoms with Gasteiger partial charge in [-0.25, -0.2) is 4.79 Å². The molecule has 1 rings (SSSR count). The Kier molecular flexibility index (Phi) is 3.68. The van der Waals surface area contributed by atoms with Gasteiger partial charge in [-0.1, -0.05) is 13.3 Å². The fourth-order valence-corrected chi connectivity index (χ4v) is 1.57. The number of nitrogens with zero attached hydrogens (tertiary/aromatic N) is 1. The molecule has 0 N–H and O–H groups in total. The van der Waals surface area contributed by atoms with Gasteiger partial charge in [-0.3, -0.25) is 9.69 Å². The van der Waals surface area contributed by atoms with Crippen molar-refractivity contribution in [3.8, 4) is 0 Å². The predicted octanol–water partition coefficient (Wildman–Crippen LogP) is 1.71. The van der Waals surface area contributed by atoms with Crippen LogP contribution >= 0.6 is 0 Å². The SMILES string of the molecule is CCCC1CC(=O)C=CN1C(=O)OC. The fraction of sp³-hybridized carbons (Fsp3) is 0.600. The van der Waals surface area contributed by atoms with Gasteiger partial charge in [0.25, 0.3) is 0 Å². The fourth-order valence-electron chi connectivity index (χ4n) is 1.57. The van der Waals surface area contributed by atoms with Crippen molar-refractivity contribution in [2.45, 2.75) is 32.2 Å². The monoisotopic (exact) mass is 197 g/mol. The van der Waals surface area contributed by atoms with Crippen molar-refractivity contribution in [3.05, 3.63) is 12.3 Å². The second-order valence-corrected chi connectivity index (χ2v) is 3.31. The predicted molar refractivity (Wildman–Crippen MR) is 51.7 cm³/mol. The van der Waals surface area contributed by atoms with E-state index in [4.69, 9.17) is 0 Å². The van der Waals surface area contributed by atoms with Crippen molar-refractivity contribution >= 4 is 11.9 Å². The van der Waals surface area contributed by atoms with E-state index in [1.165, 1.54) is 24.3 Å². The van der Waals surface area contributed by atoms with Gasteiger partial charge in [-0.2, -0.15) is 0 Å². The number of hydrogen-bond donors (Lipinski definition) is 0. The largest absolute Gasteiger partial charge is 0.452 e. The van der Waals surface area contributed by atoms with Crippen LogP contribution in [-0.2, 0) is 9.53 Å². The molecule has 0 spiro atoms. The molecule has 78 valence electrons. The summed E-state index contributed by atoms with van der Waals surface area (Å²) in [6.45, 7) is 2.03. The summed E-state index contributed by atoms with van der Waals surface area (Å²) >= 11 is 0. The number of carbonyl (C=O) groups is 2. The lowest BCUT2D eigenvalue weighted by molar-refractivity contribution is -0.116. The molecule has 14 heavy (non-hydrogen) atoms. The summed E-state index contributed by atoms with van der Waals surface area (Å²) in [5, 5.41) is 0. The van der Waals surface area contributed by atoms with E-state index in [2.05, 4.69) is 4.74 Å². The summed E-state index contributed by atoms with van der Waals surface area (Å²) in [4.78, 5) is 23.9. The molecule has 0 aromatic rings. The van der Waals surface area contributed by atoms with Gasteiger partial charge in [0.1, 0.15) is 0 Å². The summed E-state index contributed by atoms with van der Waals surface area (Å²) in [5.74, 6) is 0.0728. The minimum atomic E-state index is -0.396. The van der Waals surface area contributed by atoms with Gasteiger partial charge in [-0.05, 0) is 12.5 Å². The number of allylic oxidation sites excluding steroid dienone is 1. The van der Waals surface area contributed by atoms with Crippen LogP contribution in [0.2, 0.25) is 0 Å². The van der Waals surface area contributed by atoms with E-state index < -0.39 is 6.09 Å². The van der Waals surface area contributed by atoms with E-state index in [1.54, 1.807) is 0 Å². The molecular formula is C10H15NO3. The van der Waals surface area contributed by atoms with Gasteiger partial charge >= 0.3 is 6.09 Å². The number of ketones is 1. The van der Waals surface area contributed by atoms with Crippen LogP contribution in [0.5, 0.6) is 0 Å². The number of ether oxygens (including phenoxy) is 1. The second kappa shape index (κ2) is 4.79. The molecule has 4 heteroatoms. The zero-order valence-electron chi connectivity index (χ0n) is 8.53. The van der Waals surface area contributed by atoms with Crippen LogP contribution in [0, 0.1) is 0 Å². The second-order valence-electron chi connectivity index (χ2n) is 3.31. The molecule has 0 saturated heterocycles. The minimum Gasteiger partial charge on any atom is -0.452 e. The Hall–Kier alpha value is -1.32. The van der Waals surface area contributed by atoms with E-state index in [1.807, 2.05) is 6.92 Å². The molecule has 0 fully saturated rings. The van der Waals surface area contributed by atoms with Crippen molar-refractivity contribution < 1.29 is 14.3 Å². The molecule has 0 aromatic heterocycles.